The molecule has 0 unspecified atom stereocenters. The SMILES string of the molecule is COc1ccc(CNC(=O)[C@@H](CCSC)NC(=O)[C@H]2Cc3ccccc3CN2)cc1. The molecule has 0 saturated heterocycles. The number of rotatable bonds is 9. The molecule has 2 aromatic carbocycles. The third-order valence-corrected chi connectivity index (χ3v) is 5.91. The molecule has 0 bridgehead atoms. The van der Waals surface area contributed by atoms with Gasteiger partial charge in [-0.25, -0.2) is 0 Å². The van der Waals surface area contributed by atoms with Crippen molar-refractivity contribution in [2.75, 3.05) is 19.1 Å². The normalized spacial score (nSPS) is 16.3. The largest absolute Gasteiger partial charge is 0.497 e. The van der Waals surface area contributed by atoms with Crippen LogP contribution in [-0.4, -0.2) is 43.0 Å². The Hall–Kier alpha value is -2.51. The fraction of sp³-hybridized carbons (Fsp3) is 0.391. The Morgan fingerprint density at radius 2 is 1.90 bits per heavy atom. The monoisotopic (exact) mass is 427 g/mol. The van der Waals surface area contributed by atoms with Crippen LogP contribution < -0.4 is 20.7 Å². The second kappa shape index (κ2) is 11.0. The van der Waals surface area contributed by atoms with Gasteiger partial charge in [0.2, 0.25) is 11.8 Å². The number of amides is 2. The van der Waals surface area contributed by atoms with Crippen molar-refractivity contribution in [3.05, 3.63) is 65.2 Å². The molecule has 6 nitrogen and oxygen atoms in total. The first-order valence-corrected chi connectivity index (χ1v) is 11.5. The van der Waals surface area contributed by atoms with Crippen LogP contribution in [0.5, 0.6) is 5.75 Å². The van der Waals surface area contributed by atoms with E-state index < -0.39 is 6.04 Å². The van der Waals surface area contributed by atoms with E-state index in [9.17, 15) is 9.59 Å². The van der Waals surface area contributed by atoms with Crippen molar-refractivity contribution in [3.63, 3.8) is 0 Å². The van der Waals surface area contributed by atoms with Crippen molar-refractivity contribution in [3.8, 4) is 5.75 Å². The number of carbonyl (C=O) groups excluding carboxylic acids is 2. The van der Waals surface area contributed by atoms with Gasteiger partial charge in [-0.2, -0.15) is 11.8 Å². The molecule has 0 saturated carbocycles. The van der Waals surface area contributed by atoms with Crippen LogP contribution in [0.2, 0.25) is 0 Å². The summed E-state index contributed by atoms with van der Waals surface area (Å²) in [7, 11) is 1.62. The summed E-state index contributed by atoms with van der Waals surface area (Å²) in [5, 5.41) is 9.19. The highest BCUT2D eigenvalue weighted by molar-refractivity contribution is 7.98. The van der Waals surface area contributed by atoms with Gasteiger partial charge in [0.15, 0.2) is 0 Å². The third-order valence-electron chi connectivity index (χ3n) is 5.27. The molecule has 160 valence electrons. The van der Waals surface area contributed by atoms with Crippen LogP contribution in [0.3, 0.4) is 0 Å². The third kappa shape index (κ3) is 6.00. The van der Waals surface area contributed by atoms with Gasteiger partial charge in [0, 0.05) is 13.1 Å². The lowest BCUT2D eigenvalue weighted by Crippen LogP contribution is -2.54. The van der Waals surface area contributed by atoms with E-state index in [1.165, 1.54) is 11.1 Å². The molecular weight excluding hydrogens is 398 g/mol. The maximum Gasteiger partial charge on any atom is 0.242 e. The van der Waals surface area contributed by atoms with Crippen molar-refractivity contribution < 1.29 is 14.3 Å². The van der Waals surface area contributed by atoms with Crippen molar-refractivity contribution >= 4 is 23.6 Å². The zero-order valence-corrected chi connectivity index (χ0v) is 18.3. The molecule has 2 atom stereocenters. The van der Waals surface area contributed by atoms with Gasteiger partial charge in [-0.1, -0.05) is 36.4 Å². The summed E-state index contributed by atoms with van der Waals surface area (Å²) in [4.78, 5) is 25.6. The summed E-state index contributed by atoms with van der Waals surface area (Å²) in [5.74, 6) is 1.28. The number of fused-ring (bicyclic) bond motifs is 1. The molecule has 2 amide bonds. The predicted octanol–water partition coefficient (Wildman–Crippen LogP) is 2.26. The maximum absolute atomic E-state index is 12.9. The lowest BCUT2D eigenvalue weighted by Gasteiger charge is -2.27. The van der Waals surface area contributed by atoms with Crippen molar-refractivity contribution in [2.24, 2.45) is 0 Å². The highest BCUT2D eigenvalue weighted by Gasteiger charge is 2.28. The molecule has 0 spiro atoms. The first-order valence-electron chi connectivity index (χ1n) is 10.1. The summed E-state index contributed by atoms with van der Waals surface area (Å²) in [6.07, 6.45) is 3.21. The second-order valence-electron chi connectivity index (χ2n) is 7.31. The number of nitrogens with one attached hydrogen (secondary N) is 3. The Kier molecular flexibility index (Phi) is 8.16. The first-order chi connectivity index (χ1) is 14.6. The van der Waals surface area contributed by atoms with Crippen LogP contribution in [0.15, 0.2) is 48.5 Å². The van der Waals surface area contributed by atoms with Gasteiger partial charge < -0.3 is 20.7 Å². The van der Waals surface area contributed by atoms with Gasteiger partial charge in [-0.15, -0.1) is 0 Å². The molecule has 30 heavy (non-hydrogen) atoms. The standard InChI is InChI=1S/C23H29N3O3S/c1-29-19-9-7-16(8-10-19)14-25-22(27)20(11-12-30-2)26-23(28)21-13-17-5-3-4-6-18(17)15-24-21/h3-10,20-21,24H,11-15H2,1-2H3,(H,25,27)(H,26,28)/t20-,21-/m1/s1. The predicted molar refractivity (Wildman–Crippen MR) is 121 cm³/mol. The Morgan fingerprint density at radius 3 is 2.60 bits per heavy atom. The molecule has 2 aromatic rings. The van der Waals surface area contributed by atoms with Crippen LogP contribution in [0.4, 0.5) is 0 Å². The minimum Gasteiger partial charge on any atom is -0.497 e. The Labute approximate surface area is 182 Å². The van der Waals surface area contributed by atoms with Gasteiger partial charge in [0.25, 0.3) is 0 Å². The molecule has 3 rings (SSSR count). The van der Waals surface area contributed by atoms with Gasteiger partial charge in [0.1, 0.15) is 11.8 Å². The van der Waals surface area contributed by atoms with Crippen LogP contribution in [0.25, 0.3) is 0 Å². The molecule has 0 radical (unpaired) electrons. The zero-order valence-electron chi connectivity index (χ0n) is 17.4. The lowest BCUT2D eigenvalue weighted by atomic mass is 9.95. The van der Waals surface area contributed by atoms with E-state index in [0.717, 1.165) is 17.1 Å². The fourth-order valence-electron chi connectivity index (χ4n) is 3.47. The molecular formula is C23H29N3O3S. The number of thioether (sulfide) groups is 1. The Bertz CT molecular complexity index is 857. The Balaban J connectivity index is 1.57. The minimum atomic E-state index is -0.554. The molecule has 0 fully saturated rings. The van der Waals surface area contributed by atoms with Crippen molar-refractivity contribution in [2.45, 2.75) is 38.0 Å². The highest BCUT2D eigenvalue weighted by Crippen LogP contribution is 2.16. The van der Waals surface area contributed by atoms with E-state index in [0.29, 0.717) is 25.9 Å². The summed E-state index contributed by atoms with van der Waals surface area (Å²) in [6.45, 7) is 1.07. The maximum atomic E-state index is 12.9. The molecule has 3 N–H and O–H groups in total. The van der Waals surface area contributed by atoms with E-state index in [1.807, 2.05) is 42.7 Å². The van der Waals surface area contributed by atoms with Gasteiger partial charge >= 0.3 is 0 Å². The highest BCUT2D eigenvalue weighted by atomic mass is 32.2. The van der Waals surface area contributed by atoms with Gasteiger partial charge in [-0.05, 0) is 53.7 Å². The number of hydrogen-bond donors (Lipinski definition) is 3. The number of ether oxygens (including phenoxy) is 1. The first kappa shape index (κ1) is 22.2. The molecule has 1 heterocycles. The fourth-order valence-corrected chi connectivity index (χ4v) is 3.94. The Morgan fingerprint density at radius 1 is 1.17 bits per heavy atom. The number of hydrogen-bond acceptors (Lipinski definition) is 5. The average molecular weight is 428 g/mol. The zero-order chi connectivity index (χ0) is 21.3. The summed E-state index contributed by atoms with van der Waals surface area (Å²) in [6, 6.07) is 14.8. The van der Waals surface area contributed by atoms with E-state index in [2.05, 4.69) is 28.1 Å². The van der Waals surface area contributed by atoms with Gasteiger partial charge in [-0.3, -0.25) is 9.59 Å². The van der Waals surface area contributed by atoms with E-state index in [-0.39, 0.29) is 17.9 Å². The smallest absolute Gasteiger partial charge is 0.242 e. The molecule has 7 heteroatoms. The summed E-state index contributed by atoms with van der Waals surface area (Å²) in [5.41, 5.74) is 3.38. The molecule has 1 aliphatic heterocycles. The average Bonchev–Trinajstić information content (AvgIpc) is 2.80. The van der Waals surface area contributed by atoms with Crippen LogP contribution in [-0.2, 0) is 29.1 Å². The minimum absolute atomic E-state index is 0.129. The van der Waals surface area contributed by atoms with Crippen LogP contribution >= 0.6 is 11.8 Å². The molecule has 0 aliphatic carbocycles. The number of methoxy groups -OCH3 is 1. The lowest BCUT2D eigenvalue weighted by molar-refractivity contribution is -0.130. The topological polar surface area (TPSA) is 79.5 Å². The van der Waals surface area contributed by atoms with Crippen LogP contribution in [0, 0.1) is 0 Å². The van der Waals surface area contributed by atoms with E-state index >= 15 is 0 Å². The molecule has 0 aromatic heterocycles. The van der Waals surface area contributed by atoms with E-state index in [4.69, 9.17) is 4.74 Å². The molecule has 1 aliphatic rings. The van der Waals surface area contributed by atoms with Crippen molar-refractivity contribution in [1.82, 2.24) is 16.0 Å². The quantitative estimate of drug-likeness (QED) is 0.572. The van der Waals surface area contributed by atoms with Gasteiger partial charge in [0.05, 0.1) is 13.2 Å². The van der Waals surface area contributed by atoms with Crippen molar-refractivity contribution in [1.29, 1.82) is 0 Å². The summed E-state index contributed by atoms with van der Waals surface area (Å²) >= 11 is 1.66. The van der Waals surface area contributed by atoms with Crippen LogP contribution in [0.1, 0.15) is 23.1 Å². The van der Waals surface area contributed by atoms with E-state index in [1.54, 1.807) is 18.9 Å². The number of carbonyl (C=O) groups is 2. The summed E-state index contributed by atoms with van der Waals surface area (Å²) < 4.78 is 5.16. The second-order valence-corrected chi connectivity index (χ2v) is 8.30. The number of benzene rings is 2.